The summed E-state index contributed by atoms with van der Waals surface area (Å²) in [7, 11) is 1.55. The molecule has 0 saturated carbocycles. The number of carbonyl (C=O) groups is 2. The summed E-state index contributed by atoms with van der Waals surface area (Å²) in [4.78, 5) is 29.7. The number of carbonyl (C=O) groups excluding carboxylic acids is 2. The van der Waals surface area contributed by atoms with Gasteiger partial charge in [0.2, 0.25) is 0 Å². The van der Waals surface area contributed by atoms with Crippen LogP contribution in [0.15, 0.2) is 54.1 Å². The smallest absolute Gasteiger partial charge is 0.295 e. The first-order valence-corrected chi connectivity index (χ1v) is 10.5. The van der Waals surface area contributed by atoms with Crippen LogP contribution in [-0.2, 0) is 14.3 Å². The predicted molar refractivity (Wildman–Crippen MR) is 116 cm³/mol. The maximum atomic E-state index is 13.4. The number of amides is 1. The Bertz CT molecular complexity index is 1010. The predicted octanol–water partition coefficient (Wildman–Crippen LogP) is 2.59. The highest BCUT2D eigenvalue weighted by Gasteiger charge is 2.46. The molecule has 0 aliphatic carbocycles. The molecule has 4 rings (SSSR count). The Kier molecular flexibility index (Phi) is 6.53. The molecule has 2 aliphatic rings. The zero-order chi connectivity index (χ0) is 22.7. The first-order chi connectivity index (χ1) is 15.5. The summed E-state index contributed by atoms with van der Waals surface area (Å²) in [5, 5.41) is 11.0. The van der Waals surface area contributed by atoms with Crippen LogP contribution in [0.25, 0.3) is 5.76 Å². The van der Waals surface area contributed by atoms with Gasteiger partial charge >= 0.3 is 0 Å². The molecule has 2 fully saturated rings. The van der Waals surface area contributed by atoms with Crippen molar-refractivity contribution in [1.29, 1.82) is 0 Å². The molecule has 1 atom stereocenters. The second-order valence-corrected chi connectivity index (χ2v) is 7.73. The number of benzene rings is 2. The van der Waals surface area contributed by atoms with Crippen molar-refractivity contribution in [2.45, 2.75) is 6.04 Å². The van der Waals surface area contributed by atoms with Gasteiger partial charge in [-0.05, 0) is 42.0 Å². The van der Waals surface area contributed by atoms with Gasteiger partial charge in [0.15, 0.2) is 0 Å². The van der Waals surface area contributed by atoms with Gasteiger partial charge in [-0.25, -0.2) is 4.39 Å². The minimum Gasteiger partial charge on any atom is -0.507 e. The van der Waals surface area contributed by atoms with Gasteiger partial charge in [-0.15, -0.1) is 0 Å². The molecule has 168 valence electrons. The fraction of sp³-hybridized carbons (Fsp3) is 0.333. The van der Waals surface area contributed by atoms with Crippen LogP contribution in [0.5, 0.6) is 5.75 Å². The number of aliphatic hydroxyl groups is 1. The van der Waals surface area contributed by atoms with E-state index in [-0.39, 0.29) is 16.9 Å². The Labute approximate surface area is 185 Å². The molecular weight excluding hydrogens is 415 g/mol. The van der Waals surface area contributed by atoms with E-state index in [2.05, 4.69) is 4.90 Å². The highest BCUT2D eigenvalue weighted by molar-refractivity contribution is 6.46. The standard InChI is InChI=1S/C24H25FN2O5/c1-31-19-8-4-16(5-9-19)21-20(22(28)17-2-6-18(25)7-3-17)23(29)24(30)27(21)11-10-26-12-14-32-15-13-26/h2-9,21,28H,10-15H2,1H3/b22-20-. The van der Waals surface area contributed by atoms with Crippen molar-refractivity contribution in [3.05, 3.63) is 71.0 Å². The van der Waals surface area contributed by atoms with Crippen molar-refractivity contribution in [2.75, 3.05) is 46.5 Å². The molecule has 7 nitrogen and oxygen atoms in total. The first-order valence-electron chi connectivity index (χ1n) is 10.5. The number of nitrogens with zero attached hydrogens (tertiary/aromatic N) is 2. The van der Waals surface area contributed by atoms with E-state index in [1.807, 2.05) is 0 Å². The highest BCUT2D eigenvalue weighted by Crippen LogP contribution is 2.39. The Balaban J connectivity index is 1.72. The third-order valence-corrected chi connectivity index (χ3v) is 5.85. The molecule has 1 N–H and O–H groups in total. The van der Waals surface area contributed by atoms with Crippen molar-refractivity contribution >= 4 is 17.4 Å². The van der Waals surface area contributed by atoms with E-state index in [1.165, 1.54) is 29.2 Å². The number of Topliss-reactive ketones (excluding diaryl/α,β-unsaturated/α-hetero) is 1. The number of halogens is 1. The molecule has 2 aliphatic heterocycles. The van der Waals surface area contributed by atoms with Gasteiger partial charge < -0.3 is 19.5 Å². The highest BCUT2D eigenvalue weighted by atomic mass is 19.1. The van der Waals surface area contributed by atoms with Gasteiger partial charge in [0.05, 0.1) is 31.9 Å². The molecule has 0 bridgehead atoms. The van der Waals surface area contributed by atoms with Crippen LogP contribution in [-0.4, -0.2) is 73.1 Å². The lowest BCUT2D eigenvalue weighted by Crippen LogP contribution is -2.42. The number of likely N-dealkylation sites (tertiary alicyclic amines) is 1. The molecule has 1 unspecified atom stereocenters. The van der Waals surface area contributed by atoms with Crippen molar-refractivity contribution in [3.63, 3.8) is 0 Å². The molecule has 2 aromatic rings. The Morgan fingerprint density at radius 3 is 2.34 bits per heavy atom. The average molecular weight is 440 g/mol. The van der Waals surface area contributed by atoms with Gasteiger partial charge in [0.25, 0.3) is 11.7 Å². The van der Waals surface area contributed by atoms with Gasteiger partial charge in [0.1, 0.15) is 17.3 Å². The van der Waals surface area contributed by atoms with Crippen LogP contribution in [0.3, 0.4) is 0 Å². The lowest BCUT2D eigenvalue weighted by atomic mass is 9.95. The van der Waals surface area contributed by atoms with Crippen molar-refractivity contribution in [3.8, 4) is 5.75 Å². The summed E-state index contributed by atoms with van der Waals surface area (Å²) in [6, 6.07) is 11.5. The number of morpholine rings is 1. The van der Waals surface area contributed by atoms with Gasteiger partial charge in [-0.1, -0.05) is 12.1 Å². The largest absolute Gasteiger partial charge is 0.507 e. The summed E-state index contributed by atoms with van der Waals surface area (Å²) in [6.07, 6.45) is 0. The number of hydrogen-bond acceptors (Lipinski definition) is 6. The summed E-state index contributed by atoms with van der Waals surface area (Å²) in [5.41, 5.74) is 0.945. The SMILES string of the molecule is COc1ccc(C2/C(=C(/O)c3ccc(F)cc3)C(=O)C(=O)N2CCN2CCOCC2)cc1. The molecule has 2 aromatic carbocycles. The normalized spacial score (nSPS) is 21.2. The topological polar surface area (TPSA) is 79.3 Å². The second kappa shape index (κ2) is 9.50. The van der Waals surface area contributed by atoms with Crippen LogP contribution in [0, 0.1) is 5.82 Å². The maximum absolute atomic E-state index is 13.4. The van der Waals surface area contributed by atoms with E-state index in [1.54, 1.807) is 31.4 Å². The van der Waals surface area contributed by atoms with Crippen LogP contribution >= 0.6 is 0 Å². The average Bonchev–Trinajstić information content (AvgIpc) is 3.08. The third-order valence-electron chi connectivity index (χ3n) is 5.85. The molecule has 0 radical (unpaired) electrons. The van der Waals surface area contributed by atoms with E-state index in [0.717, 1.165) is 13.1 Å². The number of hydrogen-bond donors (Lipinski definition) is 1. The van der Waals surface area contributed by atoms with E-state index < -0.39 is 23.5 Å². The number of ether oxygens (including phenoxy) is 2. The summed E-state index contributed by atoms with van der Waals surface area (Å²) in [5.74, 6) is -1.56. The lowest BCUT2D eigenvalue weighted by Gasteiger charge is -2.31. The van der Waals surface area contributed by atoms with Crippen molar-refractivity contribution in [2.24, 2.45) is 0 Å². The van der Waals surface area contributed by atoms with E-state index in [9.17, 15) is 19.1 Å². The van der Waals surface area contributed by atoms with Crippen LogP contribution in [0.1, 0.15) is 17.2 Å². The van der Waals surface area contributed by atoms with Crippen LogP contribution < -0.4 is 4.74 Å². The lowest BCUT2D eigenvalue weighted by molar-refractivity contribution is -0.140. The molecule has 2 saturated heterocycles. The third kappa shape index (κ3) is 4.37. The van der Waals surface area contributed by atoms with Gasteiger partial charge in [0, 0.05) is 31.7 Å². The molecule has 32 heavy (non-hydrogen) atoms. The van der Waals surface area contributed by atoms with Gasteiger partial charge in [-0.3, -0.25) is 14.5 Å². The summed E-state index contributed by atoms with van der Waals surface area (Å²) in [6.45, 7) is 3.68. The molecule has 1 amide bonds. The Hall–Kier alpha value is -3.23. The van der Waals surface area contributed by atoms with E-state index in [0.29, 0.717) is 37.6 Å². The first kappa shape index (κ1) is 22.0. The fourth-order valence-electron chi connectivity index (χ4n) is 4.08. The quantitative estimate of drug-likeness (QED) is 0.423. The monoisotopic (exact) mass is 440 g/mol. The zero-order valence-corrected chi connectivity index (χ0v) is 17.8. The van der Waals surface area contributed by atoms with Crippen molar-refractivity contribution < 1.29 is 28.6 Å². The second-order valence-electron chi connectivity index (χ2n) is 7.73. The molecular formula is C24H25FN2O5. The van der Waals surface area contributed by atoms with E-state index >= 15 is 0 Å². The minimum absolute atomic E-state index is 0.00578. The van der Waals surface area contributed by atoms with Crippen LogP contribution in [0.2, 0.25) is 0 Å². The maximum Gasteiger partial charge on any atom is 0.295 e. The molecule has 8 heteroatoms. The number of ketones is 1. The summed E-state index contributed by atoms with van der Waals surface area (Å²) >= 11 is 0. The minimum atomic E-state index is -0.757. The zero-order valence-electron chi connectivity index (χ0n) is 17.8. The van der Waals surface area contributed by atoms with Crippen LogP contribution in [0.4, 0.5) is 4.39 Å². The number of rotatable bonds is 6. The summed E-state index contributed by atoms with van der Waals surface area (Å²) < 4.78 is 24.0. The molecule has 0 aromatic heterocycles. The van der Waals surface area contributed by atoms with Crippen molar-refractivity contribution in [1.82, 2.24) is 9.80 Å². The number of methoxy groups -OCH3 is 1. The van der Waals surface area contributed by atoms with Gasteiger partial charge in [-0.2, -0.15) is 0 Å². The Morgan fingerprint density at radius 1 is 1.06 bits per heavy atom. The molecule has 2 heterocycles. The van der Waals surface area contributed by atoms with E-state index in [4.69, 9.17) is 9.47 Å². The fourth-order valence-corrected chi connectivity index (χ4v) is 4.08. The number of aliphatic hydroxyl groups excluding tert-OH is 1. The molecule has 0 spiro atoms. The Morgan fingerprint density at radius 2 is 1.72 bits per heavy atom.